The molecule has 1 aromatic rings. The number of ketones is 1. The van der Waals surface area contributed by atoms with Crippen molar-refractivity contribution in [1.82, 2.24) is 42.1 Å². The van der Waals surface area contributed by atoms with Crippen LogP contribution in [0.5, 0.6) is 0 Å². The third kappa shape index (κ3) is 17.2. The third-order valence-corrected chi connectivity index (χ3v) is 8.86. The maximum atomic E-state index is 13.2. The van der Waals surface area contributed by atoms with E-state index in [1.165, 1.54) is 20.9 Å². The summed E-state index contributed by atoms with van der Waals surface area (Å²) in [6, 6.07) is -0.771. The fourth-order valence-electron chi connectivity index (χ4n) is 5.38. The molecule has 0 saturated carbocycles. The lowest BCUT2D eigenvalue weighted by molar-refractivity contribution is -0.144. The average molecular weight is 835 g/mol. The van der Waals surface area contributed by atoms with Crippen molar-refractivity contribution in [3.63, 3.8) is 0 Å². The van der Waals surface area contributed by atoms with E-state index in [0.717, 1.165) is 56.5 Å². The van der Waals surface area contributed by atoms with Crippen LogP contribution in [0.4, 0.5) is 0 Å². The number of hydrogen-bond donors (Lipinski definition) is 11. The summed E-state index contributed by atoms with van der Waals surface area (Å²) >= 11 is 0. The van der Waals surface area contributed by atoms with Crippen LogP contribution in [0.15, 0.2) is 24.3 Å². The summed E-state index contributed by atoms with van der Waals surface area (Å²) in [4.78, 5) is 126. The number of carbonyl (C=O) groups excluding carboxylic acids is 10. The molecule has 22 nitrogen and oxygen atoms in total. The highest BCUT2D eigenvalue weighted by atomic mass is 16.3. The normalized spacial score (nSPS) is 14.3. The number of benzene rings is 1. The standard InChI is InChI=1S/C37H58N10O12/c1-7-8-9-10-11-22-12-14-23(15-13-22)32(54)45-25(18-48)34(56)46-30(39)37(59)41-17-27(51)47(6)28(21(4)49)35(57)43-20(3)31(53)44-24(16-26(38)50)33(55)42-19(2)29(52)36(58)40-5/h12-15,19-21,24-25,28,30,48-49H,7-11,16-18,39H2,1-6H3,(H2,38,50)(H,40,58)(H,41,59)(H,42,55)(H,43,57)(H,44,53)(H,45,54)(H,46,56)/t19?,20-,21?,24-,25+,28-,30-/m0/s1. The van der Waals surface area contributed by atoms with Crippen molar-refractivity contribution in [2.24, 2.45) is 11.5 Å². The van der Waals surface area contributed by atoms with E-state index in [1.807, 2.05) is 0 Å². The Bertz CT molecular complexity index is 1670. The number of amides is 9. The van der Waals surface area contributed by atoms with Gasteiger partial charge >= 0.3 is 0 Å². The first-order valence-corrected chi connectivity index (χ1v) is 18.9. The van der Waals surface area contributed by atoms with Gasteiger partial charge in [0, 0.05) is 19.7 Å². The van der Waals surface area contributed by atoms with Gasteiger partial charge in [0.05, 0.1) is 31.7 Å². The van der Waals surface area contributed by atoms with E-state index in [1.54, 1.807) is 24.3 Å². The molecule has 0 spiro atoms. The molecule has 9 amide bonds. The minimum Gasteiger partial charge on any atom is -0.394 e. The molecule has 0 heterocycles. The molecular weight excluding hydrogens is 776 g/mol. The molecule has 0 saturated heterocycles. The Hall–Kier alpha value is -6.00. The summed E-state index contributed by atoms with van der Waals surface area (Å²) < 4.78 is 0. The van der Waals surface area contributed by atoms with Gasteiger partial charge in [-0.05, 0) is 51.3 Å². The maximum Gasteiger partial charge on any atom is 0.289 e. The van der Waals surface area contributed by atoms with E-state index in [0.29, 0.717) is 0 Å². The number of likely N-dealkylation sites (N-methyl/N-ethyl adjacent to an activating group) is 2. The minimum absolute atomic E-state index is 0.236. The summed E-state index contributed by atoms with van der Waals surface area (Å²) in [5, 5.41) is 35.6. The number of aliphatic hydroxyl groups is 2. The molecule has 1 rings (SSSR count). The zero-order valence-corrected chi connectivity index (χ0v) is 34.1. The topological polar surface area (TPSA) is 351 Å². The molecule has 0 aliphatic carbocycles. The number of aliphatic hydroxyl groups excluding tert-OH is 2. The van der Waals surface area contributed by atoms with Crippen LogP contribution in [0.2, 0.25) is 0 Å². The minimum atomic E-state index is -1.76. The van der Waals surface area contributed by atoms with Crippen LogP contribution in [-0.2, 0) is 49.6 Å². The number of unbranched alkanes of at least 4 members (excludes halogenated alkanes) is 3. The number of rotatable bonds is 25. The van der Waals surface area contributed by atoms with Crippen LogP contribution in [0, 0.1) is 0 Å². The van der Waals surface area contributed by atoms with Crippen LogP contribution in [0.25, 0.3) is 0 Å². The monoisotopic (exact) mass is 834 g/mol. The molecule has 0 aliphatic heterocycles. The molecule has 0 aliphatic rings. The molecule has 7 atom stereocenters. The zero-order chi connectivity index (χ0) is 45.0. The van der Waals surface area contributed by atoms with E-state index in [9.17, 15) is 58.2 Å². The van der Waals surface area contributed by atoms with Gasteiger partial charge in [-0.1, -0.05) is 38.3 Å². The third-order valence-electron chi connectivity index (χ3n) is 8.86. The predicted octanol–water partition coefficient (Wildman–Crippen LogP) is -4.69. The van der Waals surface area contributed by atoms with Crippen LogP contribution in [-0.4, -0.2) is 144 Å². The van der Waals surface area contributed by atoms with Gasteiger partial charge < -0.3 is 63.8 Å². The van der Waals surface area contributed by atoms with Crippen molar-refractivity contribution >= 4 is 58.9 Å². The number of carbonyl (C=O) groups is 10. The van der Waals surface area contributed by atoms with Crippen molar-refractivity contribution in [2.75, 3.05) is 27.2 Å². The van der Waals surface area contributed by atoms with Gasteiger partial charge in [0.15, 0.2) is 6.17 Å². The number of aryl methyl sites for hydroxylation is 1. The fourth-order valence-corrected chi connectivity index (χ4v) is 5.38. The van der Waals surface area contributed by atoms with Gasteiger partial charge in [-0.2, -0.15) is 0 Å². The van der Waals surface area contributed by atoms with E-state index in [-0.39, 0.29) is 5.56 Å². The van der Waals surface area contributed by atoms with Gasteiger partial charge in [-0.25, -0.2) is 0 Å². The Morgan fingerprint density at radius 3 is 1.88 bits per heavy atom. The van der Waals surface area contributed by atoms with Crippen LogP contribution in [0.3, 0.4) is 0 Å². The largest absolute Gasteiger partial charge is 0.394 e. The summed E-state index contributed by atoms with van der Waals surface area (Å²) in [5.41, 5.74) is 12.3. The molecular formula is C37H58N10O12. The second kappa shape index (κ2) is 25.4. The summed E-state index contributed by atoms with van der Waals surface area (Å²) in [6.45, 7) is 4.04. The van der Waals surface area contributed by atoms with E-state index >= 15 is 0 Å². The highest BCUT2D eigenvalue weighted by molar-refractivity contribution is 6.38. The van der Waals surface area contributed by atoms with Crippen molar-refractivity contribution < 1.29 is 58.2 Å². The molecule has 0 bridgehead atoms. The molecule has 59 heavy (non-hydrogen) atoms. The van der Waals surface area contributed by atoms with E-state index in [2.05, 4.69) is 44.1 Å². The highest BCUT2D eigenvalue weighted by Gasteiger charge is 2.35. The van der Waals surface area contributed by atoms with Crippen LogP contribution < -0.4 is 48.7 Å². The Labute approximate surface area is 341 Å². The van der Waals surface area contributed by atoms with E-state index in [4.69, 9.17) is 11.5 Å². The average Bonchev–Trinajstić information content (AvgIpc) is 3.18. The molecule has 13 N–H and O–H groups in total. The first-order valence-electron chi connectivity index (χ1n) is 18.9. The molecule has 2 unspecified atom stereocenters. The number of primary amides is 1. The Morgan fingerprint density at radius 1 is 0.746 bits per heavy atom. The Morgan fingerprint density at radius 2 is 1.34 bits per heavy atom. The SMILES string of the molecule is CCCCCCc1ccc(C(=O)N[C@H](CO)C(=O)N[C@H](N)C(=O)NCC(=O)N(C)[C@H](C(=O)N[C@@H](C)C(=O)N[C@@H](CC(N)=O)C(=O)NC(C)C(=O)C(=O)NC)C(C)O)cc1. The summed E-state index contributed by atoms with van der Waals surface area (Å²) in [7, 11) is 2.31. The number of hydrogen-bond acceptors (Lipinski definition) is 13. The number of Topliss-reactive ketones (excluding diaryl/α,β-unsaturated/α-hetero) is 1. The smallest absolute Gasteiger partial charge is 0.289 e. The summed E-state index contributed by atoms with van der Waals surface area (Å²) in [5.74, 6) is -9.80. The number of nitrogens with zero attached hydrogens (tertiary/aromatic N) is 1. The van der Waals surface area contributed by atoms with Gasteiger partial charge in [0.25, 0.3) is 17.7 Å². The Balaban J connectivity index is 2.80. The summed E-state index contributed by atoms with van der Waals surface area (Å²) in [6.07, 6.45) is 1.18. The van der Waals surface area contributed by atoms with Crippen molar-refractivity contribution in [2.45, 2.75) is 109 Å². The lowest BCUT2D eigenvalue weighted by atomic mass is 10.0. The van der Waals surface area contributed by atoms with Gasteiger partial charge in [-0.15, -0.1) is 0 Å². The maximum absolute atomic E-state index is 13.2. The Kier molecular flexibility index (Phi) is 21.9. The predicted molar refractivity (Wildman–Crippen MR) is 210 cm³/mol. The second-order valence-corrected chi connectivity index (χ2v) is 13.7. The zero-order valence-electron chi connectivity index (χ0n) is 34.1. The fraction of sp³-hybridized carbons (Fsp3) is 0.568. The number of nitrogens with one attached hydrogen (secondary N) is 7. The highest BCUT2D eigenvalue weighted by Crippen LogP contribution is 2.10. The van der Waals surface area contributed by atoms with Crippen molar-refractivity contribution in [3.05, 3.63) is 35.4 Å². The first kappa shape index (κ1) is 51.0. The lowest BCUT2D eigenvalue weighted by Gasteiger charge is -2.30. The first-order chi connectivity index (χ1) is 27.7. The van der Waals surface area contributed by atoms with Crippen LogP contribution >= 0.6 is 0 Å². The van der Waals surface area contributed by atoms with Crippen LogP contribution in [0.1, 0.15) is 75.7 Å². The molecule has 0 radical (unpaired) electrons. The van der Waals surface area contributed by atoms with Gasteiger partial charge in [0.2, 0.25) is 41.2 Å². The number of nitrogens with two attached hydrogens (primary N) is 2. The molecule has 1 aromatic carbocycles. The lowest BCUT2D eigenvalue weighted by Crippen LogP contribution is -2.60. The second-order valence-electron chi connectivity index (χ2n) is 13.7. The van der Waals surface area contributed by atoms with E-state index < -0.39 is 121 Å². The molecule has 0 aromatic heterocycles. The molecule has 328 valence electrons. The quantitative estimate of drug-likeness (QED) is 0.0251. The molecule has 22 heteroatoms. The molecule has 0 fully saturated rings. The van der Waals surface area contributed by atoms with Gasteiger partial charge in [0.1, 0.15) is 24.2 Å². The van der Waals surface area contributed by atoms with Gasteiger partial charge in [-0.3, -0.25) is 47.9 Å². The van der Waals surface area contributed by atoms with Crippen molar-refractivity contribution in [1.29, 1.82) is 0 Å². The van der Waals surface area contributed by atoms with Crippen molar-refractivity contribution in [3.8, 4) is 0 Å².